The van der Waals surface area contributed by atoms with Gasteiger partial charge in [-0.3, -0.25) is 4.79 Å². The highest BCUT2D eigenvalue weighted by Gasteiger charge is 2.35. The number of amides is 1. The summed E-state index contributed by atoms with van der Waals surface area (Å²) in [6.07, 6.45) is 0. The van der Waals surface area contributed by atoms with Crippen LogP contribution in [0, 0.1) is 0 Å². The molecule has 0 saturated heterocycles. The van der Waals surface area contributed by atoms with Gasteiger partial charge in [-0.15, -0.1) is 5.10 Å². The largest absolute Gasteiger partial charge is 0.497 e. The SMILES string of the molecule is CCOc1ccc(-c2nc3n(n2)C(c2cccc(OC)c2)C(C(=O)Nc2ccccc2OC)=C(C)N3)cc1. The number of nitrogens with one attached hydrogen (secondary N) is 2. The number of fused-ring (bicyclic) bond motifs is 1. The van der Waals surface area contributed by atoms with Gasteiger partial charge >= 0.3 is 0 Å². The van der Waals surface area contributed by atoms with E-state index >= 15 is 0 Å². The molecule has 0 bridgehead atoms. The molecule has 9 heteroatoms. The summed E-state index contributed by atoms with van der Waals surface area (Å²) in [5.74, 6) is 2.81. The standard InChI is InChI=1S/C29H29N5O4/c1-5-38-21-15-13-19(14-16-21)27-32-29-30-18(2)25(28(35)31-23-11-6-7-12-24(23)37-4)26(34(29)33-27)20-9-8-10-22(17-20)36-3/h6-17,26H,5H2,1-4H3,(H,31,35)(H,30,32,33). The maximum atomic E-state index is 13.8. The van der Waals surface area contributed by atoms with Gasteiger partial charge in [0.05, 0.1) is 32.1 Å². The number of anilines is 2. The highest BCUT2D eigenvalue weighted by Crippen LogP contribution is 2.38. The van der Waals surface area contributed by atoms with Crippen molar-refractivity contribution in [1.82, 2.24) is 14.8 Å². The van der Waals surface area contributed by atoms with E-state index in [0.29, 0.717) is 46.8 Å². The first-order valence-electron chi connectivity index (χ1n) is 12.3. The summed E-state index contributed by atoms with van der Waals surface area (Å²) in [6, 6.07) is 22.0. The lowest BCUT2D eigenvalue weighted by atomic mass is 9.95. The number of ether oxygens (including phenoxy) is 3. The number of carbonyl (C=O) groups is 1. The number of methoxy groups -OCH3 is 2. The molecule has 1 aromatic heterocycles. The third-order valence-electron chi connectivity index (χ3n) is 6.29. The van der Waals surface area contributed by atoms with Crippen LogP contribution in [-0.2, 0) is 4.79 Å². The third kappa shape index (κ3) is 4.78. The molecule has 38 heavy (non-hydrogen) atoms. The minimum Gasteiger partial charge on any atom is -0.497 e. The van der Waals surface area contributed by atoms with E-state index in [2.05, 4.69) is 10.6 Å². The number of allylic oxidation sites excluding steroid dienone is 1. The Labute approximate surface area is 221 Å². The molecule has 3 aromatic carbocycles. The number of para-hydroxylation sites is 2. The zero-order valence-electron chi connectivity index (χ0n) is 21.7. The van der Waals surface area contributed by atoms with Gasteiger partial charge in [-0.05, 0) is 67.9 Å². The van der Waals surface area contributed by atoms with Crippen LogP contribution in [0.3, 0.4) is 0 Å². The molecule has 0 spiro atoms. The van der Waals surface area contributed by atoms with Crippen LogP contribution in [0.25, 0.3) is 11.4 Å². The number of hydrogen-bond acceptors (Lipinski definition) is 7. The molecular weight excluding hydrogens is 482 g/mol. The lowest BCUT2D eigenvalue weighted by Crippen LogP contribution is -2.31. The van der Waals surface area contributed by atoms with E-state index < -0.39 is 6.04 Å². The molecule has 4 aromatic rings. The fourth-order valence-electron chi connectivity index (χ4n) is 4.49. The van der Waals surface area contributed by atoms with Crippen molar-refractivity contribution < 1.29 is 19.0 Å². The molecule has 0 fully saturated rings. The molecule has 2 N–H and O–H groups in total. The number of rotatable bonds is 8. The number of benzene rings is 3. The molecule has 0 aliphatic carbocycles. The molecule has 9 nitrogen and oxygen atoms in total. The molecule has 0 saturated carbocycles. The summed E-state index contributed by atoms with van der Waals surface area (Å²) in [6.45, 7) is 4.40. The van der Waals surface area contributed by atoms with Crippen LogP contribution in [0.4, 0.5) is 11.6 Å². The zero-order valence-corrected chi connectivity index (χ0v) is 21.7. The molecule has 1 unspecified atom stereocenters. The Balaban J connectivity index is 1.58. The van der Waals surface area contributed by atoms with Crippen molar-refractivity contribution in [1.29, 1.82) is 0 Å². The molecule has 5 rings (SSSR count). The van der Waals surface area contributed by atoms with Crippen LogP contribution >= 0.6 is 0 Å². The summed E-state index contributed by atoms with van der Waals surface area (Å²) >= 11 is 0. The molecule has 1 aliphatic rings. The van der Waals surface area contributed by atoms with Crippen LogP contribution in [0.2, 0.25) is 0 Å². The fourth-order valence-corrected chi connectivity index (χ4v) is 4.49. The lowest BCUT2D eigenvalue weighted by molar-refractivity contribution is -0.113. The molecule has 1 aliphatic heterocycles. The van der Waals surface area contributed by atoms with Crippen molar-refractivity contribution in [3.63, 3.8) is 0 Å². The summed E-state index contributed by atoms with van der Waals surface area (Å²) in [5.41, 5.74) is 3.41. The Hall–Kier alpha value is -4.79. The normalized spacial score (nSPS) is 14.4. The van der Waals surface area contributed by atoms with E-state index in [1.807, 2.05) is 74.5 Å². The maximum Gasteiger partial charge on any atom is 0.255 e. The van der Waals surface area contributed by atoms with Crippen LogP contribution in [-0.4, -0.2) is 41.5 Å². The predicted octanol–water partition coefficient (Wildman–Crippen LogP) is 5.29. The zero-order chi connectivity index (χ0) is 26.6. The van der Waals surface area contributed by atoms with Crippen LogP contribution in [0.15, 0.2) is 84.1 Å². The molecule has 194 valence electrons. The molecule has 0 radical (unpaired) electrons. The van der Waals surface area contributed by atoms with Crippen LogP contribution in [0.5, 0.6) is 17.2 Å². The maximum absolute atomic E-state index is 13.8. The van der Waals surface area contributed by atoms with Gasteiger partial charge < -0.3 is 24.8 Å². The first-order chi connectivity index (χ1) is 18.5. The monoisotopic (exact) mass is 511 g/mol. The second kappa shape index (κ2) is 10.7. The Kier molecular flexibility index (Phi) is 6.99. The van der Waals surface area contributed by atoms with Gasteiger partial charge in [-0.25, -0.2) is 4.68 Å². The molecule has 1 amide bonds. The molecule has 2 heterocycles. The van der Waals surface area contributed by atoms with Crippen molar-refractivity contribution in [3.8, 4) is 28.6 Å². The van der Waals surface area contributed by atoms with E-state index in [4.69, 9.17) is 24.3 Å². The number of nitrogens with zero attached hydrogens (tertiary/aromatic N) is 3. The summed E-state index contributed by atoms with van der Waals surface area (Å²) < 4.78 is 18.2. The third-order valence-corrected chi connectivity index (χ3v) is 6.29. The Morgan fingerprint density at radius 2 is 1.79 bits per heavy atom. The Bertz CT molecular complexity index is 1490. The van der Waals surface area contributed by atoms with Gasteiger partial charge in [0.2, 0.25) is 5.95 Å². The summed E-state index contributed by atoms with van der Waals surface area (Å²) in [7, 11) is 3.18. The number of carbonyl (C=O) groups excluding carboxylic acids is 1. The topological polar surface area (TPSA) is 99.5 Å². The predicted molar refractivity (Wildman–Crippen MR) is 146 cm³/mol. The van der Waals surface area contributed by atoms with Crippen molar-refractivity contribution >= 4 is 17.5 Å². The molecule has 1 atom stereocenters. The summed E-state index contributed by atoms with van der Waals surface area (Å²) in [5, 5.41) is 11.1. The van der Waals surface area contributed by atoms with Crippen molar-refractivity contribution in [2.45, 2.75) is 19.9 Å². The van der Waals surface area contributed by atoms with E-state index in [-0.39, 0.29) is 5.91 Å². The lowest BCUT2D eigenvalue weighted by Gasteiger charge is -2.29. The Morgan fingerprint density at radius 3 is 2.53 bits per heavy atom. The first-order valence-corrected chi connectivity index (χ1v) is 12.3. The smallest absolute Gasteiger partial charge is 0.255 e. The highest BCUT2D eigenvalue weighted by molar-refractivity contribution is 6.06. The van der Waals surface area contributed by atoms with Crippen molar-refractivity contribution in [3.05, 3.63) is 89.6 Å². The summed E-state index contributed by atoms with van der Waals surface area (Å²) in [4.78, 5) is 18.6. The fraction of sp³-hybridized carbons (Fsp3) is 0.207. The van der Waals surface area contributed by atoms with Gasteiger partial charge in [0.1, 0.15) is 23.3 Å². The van der Waals surface area contributed by atoms with Crippen LogP contribution in [0.1, 0.15) is 25.5 Å². The quantitative estimate of drug-likeness (QED) is 0.332. The molecular formula is C29H29N5O4. The van der Waals surface area contributed by atoms with Crippen molar-refractivity contribution in [2.75, 3.05) is 31.5 Å². The Morgan fingerprint density at radius 1 is 1.00 bits per heavy atom. The van der Waals surface area contributed by atoms with Gasteiger partial charge in [0.15, 0.2) is 5.82 Å². The second-order valence-corrected chi connectivity index (χ2v) is 8.66. The van der Waals surface area contributed by atoms with E-state index in [0.717, 1.165) is 16.9 Å². The van der Waals surface area contributed by atoms with Gasteiger partial charge in [-0.2, -0.15) is 4.98 Å². The highest BCUT2D eigenvalue weighted by atomic mass is 16.5. The second-order valence-electron chi connectivity index (χ2n) is 8.66. The average Bonchev–Trinajstić information content (AvgIpc) is 3.36. The number of aromatic nitrogens is 3. The van der Waals surface area contributed by atoms with Gasteiger partial charge in [0, 0.05) is 11.3 Å². The van der Waals surface area contributed by atoms with E-state index in [9.17, 15) is 4.79 Å². The first kappa shape index (κ1) is 24.9. The number of hydrogen-bond donors (Lipinski definition) is 2. The minimum atomic E-state index is -0.556. The van der Waals surface area contributed by atoms with Crippen molar-refractivity contribution in [2.24, 2.45) is 0 Å². The van der Waals surface area contributed by atoms with Gasteiger partial charge in [0.25, 0.3) is 5.91 Å². The minimum absolute atomic E-state index is 0.281. The van der Waals surface area contributed by atoms with Crippen LogP contribution < -0.4 is 24.8 Å². The average molecular weight is 512 g/mol. The van der Waals surface area contributed by atoms with E-state index in [1.54, 1.807) is 31.0 Å². The van der Waals surface area contributed by atoms with Gasteiger partial charge in [-0.1, -0.05) is 24.3 Å². The van der Waals surface area contributed by atoms with E-state index in [1.165, 1.54) is 0 Å².